The number of unbranched alkanes of at least 4 members (excludes halogenated alkanes) is 5. The first-order chi connectivity index (χ1) is 12.6. The van der Waals surface area contributed by atoms with Crippen molar-refractivity contribution in [2.45, 2.75) is 52.0 Å². The van der Waals surface area contributed by atoms with Gasteiger partial charge in [-0.3, -0.25) is 0 Å². The number of phenolic OH excluding ortho intramolecular Hbond substituents is 1. The Kier molecular flexibility index (Phi) is 6.76. The van der Waals surface area contributed by atoms with E-state index in [9.17, 15) is 5.11 Å². The summed E-state index contributed by atoms with van der Waals surface area (Å²) in [5.74, 6) is 1.08. The van der Waals surface area contributed by atoms with Crippen LogP contribution in [-0.4, -0.2) is 14.7 Å². The maximum atomic E-state index is 10.4. The standard InChI is InChI=1S/C21H24Br2N2O/c1-2-3-4-5-6-7-12-25-19-14-16(23)8-10-18(19)24-21(25)17-13-15(22)9-11-20(17)26/h8-11,13-14,26H,2-7,12H2,1H3. The van der Waals surface area contributed by atoms with Gasteiger partial charge in [-0.25, -0.2) is 4.98 Å². The molecule has 26 heavy (non-hydrogen) atoms. The molecule has 0 bridgehead atoms. The molecule has 138 valence electrons. The summed E-state index contributed by atoms with van der Waals surface area (Å²) in [5, 5.41) is 10.4. The lowest BCUT2D eigenvalue weighted by molar-refractivity contribution is 0.476. The highest BCUT2D eigenvalue weighted by atomic mass is 79.9. The number of fused-ring (bicyclic) bond motifs is 1. The molecule has 0 atom stereocenters. The highest BCUT2D eigenvalue weighted by Crippen LogP contribution is 2.34. The molecule has 0 unspecified atom stereocenters. The van der Waals surface area contributed by atoms with E-state index < -0.39 is 0 Å². The van der Waals surface area contributed by atoms with Gasteiger partial charge in [0.1, 0.15) is 11.6 Å². The van der Waals surface area contributed by atoms with Gasteiger partial charge in [0, 0.05) is 15.5 Å². The van der Waals surface area contributed by atoms with Crippen LogP contribution in [0.4, 0.5) is 0 Å². The van der Waals surface area contributed by atoms with Crippen LogP contribution in [-0.2, 0) is 6.54 Å². The van der Waals surface area contributed by atoms with Gasteiger partial charge in [0.2, 0.25) is 0 Å². The van der Waals surface area contributed by atoms with Crippen LogP contribution in [0, 0.1) is 0 Å². The SMILES string of the molecule is CCCCCCCCn1c(-c2cc(Br)ccc2O)nc2ccc(Br)cc21. The summed E-state index contributed by atoms with van der Waals surface area (Å²) < 4.78 is 4.21. The van der Waals surface area contributed by atoms with E-state index in [2.05, 4.69) is 49.4 Å². The molecule has 2 aromatic carbocycles. The van der Waals surface area contributed by atoms with Gasteiger partial charge in [0.15, 0.2) is 0 Å². The van der Waals surface area contributed by atoms with E-state index >= 15 is 0 Å². The normalized spacial score (nSPS) is 11.3. The lowest BCUT2D eigenvalue weighted by atomic mass is 10.1. The maximum Gasteiger partial charge on any atom is 0.144 e. The number of hydrogen-bond acceptors (Lipinski definition) is 2. The molecule has 5 heteroatoms. The van der Waals surface area contributed by atoms with Crippen LogP contribution >= 0.6 is 31.9 Å². The summed E-state index contributed by atoms with van der Waals surface area (Å²) in [6.45, 7) is 3.15. The van der Waals surface area contributed by atoms with Crippen molar-refractivity contribution in [1.29, 1.82) is 0 Å². The maximum absolute atomic E-state index is 10.4. The molecule has 1 N–H and O–H groups in total. The van der Waals surface area contributed by atoms with E-state index in [0.29, 0.717) is 0 Å². The molecular formula is C21H24Br2N2O. The molecule has 0 saturated carbocycles. The molecule has 0 aliphatic rings. The smallest absolute Gasteiger partial charge is 0.144 e. The minimum absolute atomic E-state index is 0.256. The number of phenols is 1. The molecule has 0 spiro atoms. The molecule has 0 fully saturated rings. The third kappa shape index (κ3) is 4.49. The number of benzene rings is 2. The van der Waals surface area contributed by atoms with Gasteiger partial charge in [0.25, 0.3) is 0 Å². The first-order valence-electron chi connectivity index (χ1n) is 9.25. The highest BCUT2D eigenvalue weighted by molar-refractivity contribution is 9.10. The van der Waals surface area contributed by atoms with E-state index in [4.69, 9.17) is 4.98 Å². The molecule has 1 heterocycles. The summed E-state index contributed by atoms with van der Waals surface area (Å²) in [4.78, 5) is 4.82. The molecular weight excluding hydrogens is 456 g/mol. The summed E-state index contributed by atoms with van der Waals surface area (Å²) in [6.07, 6.45) is 7.51. The minimum atomic E-state index is 0.256. The fourth-order valence-corrected chi connectivity index (χ4v) is 3.98. The third-order valence-corrected chi connectivity index (χ3v) is 5.63. The van der Waals surface area contributed by atoms with Gasteiger partial charge >= 0.3 is 0 Å². The van der Waals surface area contributed by atoms with Crippen LogP contribution in [0.25, 0.3) is 22.4 Å². The number of aromatic nitrogens is 2. The Bertz CT molecular complexity index is 889. The first kappa shape index (κ1) is 19.4. The van der Waals surface area contributed by atoms with Crippen LogP contribution in [0.1, 0.15) is 45.4 Å². The number of nitrogens with zero attached hydrogens (tertiary/aromatic N) is 2. The molecule has 0 saturated heterocycles. The van der Waals surface area contributed by atoms with E-state index in [1.807, 2.05) is 24.3 Å². The third-order valence-electron chi connectivity index (χ3n) is 4.65. The number of aryl methyl sites for hydroxylation is 1. The Morgan fingerprint density at radius 1 is 0.923 bits per heavy atom. The Hall–Kier alpha value is -1.33. The van der Waals surface area contributed by atoms with Crippen LogP contribution < -0.4 is 0 Å². The van der Waals surface area contributed by atoms with Gasteiger partial charge in [0.05, 0.1) is 16.6 Å². The molecule has 3 rings (SSSR count). The van der Waals surface area contributed by atoms with E-state index in [-0.39, 0.29) is 5.75 Å². The van der Waals surface area contributed by atoms with Gasteiger partial charge < -0.3 is 9.67 Å². The monoisotopic (exact) mass is 478 g/mol. The van der Waals surface area contributed by atoms with Gasteiger partial charge in [-0.05, 0) is 42.8 Å². The predicted molar refractivity (Wildman–Crippen MR) is 116 cm³/mol. The Balaban J connectivity index is 1.93. The Labute approximate surface area is 171 Å². The van der Waals surface area contributed by atoms with Crippen molar-refractivity contribution in [1.82, 2.24) is 9.55 Å². The second-order valence-corrected chi connectivity index (χ2v) is 8.48. The number of aromatic hydroxyl groups is 1. The summed E-state index contributed by atoms with van der Waals surface area (Å²) in [7, 11) is 0. The molecule has 0 aliphatic heterocycles. The summed E-state index contributed by atoms with van der Waals surface area (Å²) >= 11 is 7.08. The van der Waals surface area contributed by atoms with E-state index in [1.54, 1.807) is 6.07 Å². The topological polar surface area (TPSA) is 38.0 Å². The van der Waals surface area contributed by atoms with Crippen LogP contribution in [0.2, 0.25) is 0 Å². The second-order valence-electron chi connectivity index (χ2n) is 6.65. The van der Waals surface area contributed by atoms with Crippen molar-refractivity contribution < 1.29 is 5.11 Å². The number of imidazole rings is 1. The fourth-order valence-electron chi connectivity index (χ4n) is 3.27. The van der Waals surface area contributed by atoms with Crippen molar-refractivity contribution in [2.24, 2.45) is 0 Å². The fraction of sp³-hybridized carbons (Fsp3) is 0.381. The number of hydrogen-bond donors (Lipinski definition) is 1. The lowest BCUT2D eigenvalue weighted by Gasteiger charge is -2.11. The first-order valence-corrected chi connectivity index (χ1v) is 10.8. The summed E-state index contributed by atoms with van der Waals surface area (Å²) in [5.41, 5.74) is 2.81. The van der Waals surface area contributed by atoms with E-state index in [1.165, 1.54) is 32.1 Å². The van der Waals surface area contributed by atoms with Crippen LogP contribution in [0.3, 0.4) is 0 Å². The van der Waals surface area contributed by atoms with Crippen LogP contribution in [0.5, 0.6) is 5.75 Å². The molecule has 0 aliphatic carbocycles. The molecule has 0 amide bonds. The average Bonchev–Trinajstić information content (AvgIpc) is 2.97. The zero-order chi connectivity index (χ0) is 18.5. The second kappa shape index (κ2) is 9.05. The van der Waals surface area contributed by atoms with Crippen molar-refractivity contribution in [3.63, 3.8) is 0 Å². The van der Waals surface area contributed by atoms with Gasteiger partial charge in [-0.15, -0.1) is 0 Å². The summed E-state index contributed by atoms with van der Waals surface area (Å²) in [6, 6.07) is 11.6. The minimum Gasteiger partial charge on any atom is -0.507 e. The van der Waals surface area contributed by atoms with Crippen molar-refractivity contribution in [3.05, 3.63) is 45.3 Å². The van der Waals surface area contributed by atoms with Gasteiger partial charge in [-0.2, -0.15) is 0 Å². The average molecular weight is 480 g/mol. The Morgan fingerprint density at radius 2 is 1.62 bits per heavy atom. The largest absolute Gasteiger partial charge is 0.507 e. The van der Waals surface area contributed by atoms with Crippen molar-refractivity contribution in [2.75, 3.05) is 0 Å². The quantitative estimate of drug-likeness (QED) is 0.344. The molecule has 0 radical (unpaired) electrons. The highest BCUT2D eigenvalue weighted by Gasteiger charge is 2.16. The Morgan fingerprint density at radius 3 is 2.42 bits per heavy atom. The number of rotatable bonds is 8. The van der Waals surface area contributed by atoms with Gasteiger partial charge in [-0.1, -0.05) is 70.9 Å². The molecule has 3 nitrogen and oxygen atoms in total. The molecule has 1 aromatic heterocycles. The number of halogens is 2. The lowest BCUT2D eigenvalue weighted by Crippen LogP contribution is -2.01. The zero-order valence-electron chi connectivity index (χ0n) is 15.0. The van der Waals surface area contributed by atoms with Crippen molar-refractivity contribution in [3.8, 4) is 17.1 Å². The molecule has 3 aromatic rings. The zero-order valence-corrected chi connectivity index (χ0v) is 18.2. The van der Waals surface area contributed by atoms with Crippen LogP contribution in [0.15, 0.2) is 45.3 Å². The predicted octanol–water partition coefficient (Wildman–Crippen LogP) is 7.29. The van der Waals surface area contributed by atoms with Crippen molar-refractivity contribution >= 4 is 42.9 Å². The van der Waals surface area contributed by atoms with E-state index in [0.717, 1.165) is 44.3 Å².